The number of halogens is 2. The molecule has 1 aromatic carbocycles. The number of benzene rings is 1. The first-order valence-electron chi connectivity index (χ1n) is 3.41. The predicted molar refractivity (Wildman–Crippen MR) is 53.6 cm³/mol. The quantitative estimate of drug-likeness (QED) is 0.875. The van der Waals surface area contributed by atoms with Crippen molar-refractivity contribution in [3.05, 3.63) is 27.2 Å². The number of ether oxygens (including phenoxy) is 1. The van der Waals surface area contributed by atoms with Gasteiger partial charge in [-0.3, -0.25) is 0 Å². The Bertz CT molecular complexity index is 291. The fraction of sp³-hybridized carbons (Fsp3) is 0.250. The van der Waals surface area contributed by atoms with Gasteiger partial charge in [-0.2, -0.15) is 0 Å². The Morgan fingerprint density at radius 1 is 1.58 bits per heavy atom. The van der Waals surface area contributed by atoms with Gasteiger partial charge in [-0.25, -0.2) is 0 Å². The first kappa shape index (κ1) is 9.84. The SMILES string of the molecule is COc1c(Cl)cc(Br)cc1CN. The third-order valence-corrected chi connectivity index (χ3v) is 2.25. The molecule has 0 radical (unpaired) electrons. The summed E-state index contributed by atoms with van der Waals surface area (Å²) in [4.78, 5) is 0. The summed E-state index contributed by atoms with van der Waals surface area (Å²) < 4.78 is 6.00. The molecule has 1 aromatic rings. The van der Waals surface area contributed by atoms with Gasteiger partial charge in [0, 0.05) is 16.6 Å². The monoisotopic (exact) mass is 249 g/mol. The lowest BCUT2D eigenvalue weighted by Gasteiger charge is -2.08. The molecule has 1 rings (SSSR count). The molecule has 0 aliphatic heterocycles. The van der Waals surface area contributed by atoms with Crippen molar-refractivity contribution < 1.29 is 4.74 Å². The van der Waals surface area contributed by atoms with Gasteiger partial charge < -0.3 is 10.5 Å². The molecular formula is C8H9BrClNO. The first-order chi connectivity index (χ1) is 5.69. The van der Waals surface area contributed by atoms with Crippen LogP contribution in [-0.4, -0.2) is 7.11 Å². The summed E-state index contributed by atoms with van der Waals surface area (Å²) >= 11 is 9.22. The van der Waals surface area contributed by atoms with Crippen LogP contribution < -0.4 is 10.5 Å². The highest BCUT2D eigenvalue weighted by Gasteiger charge is 2.07. The van der Waals surface area contributed by atoms with Crippen molar-refractivity contribution in [3.63, 3.8) is 0 Å². The van der Waals surface area contributed by atoms with Gasteiger partial charge >= 0.3 is 0 Å². The zero-order valence-electron chi connectivity index (χ0n) is 6.60. The molecule has 0 saturated heterocycles. The van der Waals surface area contributed by atoms with Gasteiger partial charge in [0.15, 0.2) is 0 Å². The van der Waals surface area contributed by atoms with Gasteiger partial charge in [-0.1, -0.05) is 27.5 Å². The number of hydrogen-bond acceptors (Lipinski definition) is 2. The molecule has 0 spiro atoms. The predicted octanol–water partition coefficient (Wildman–Crippen LogP) is 2.57. The van der Waals surface area contributed by atoms with Gasteiger partial charge in [0.1, 0.15) is 5.75 Å². The van der Waals surface area contributed by atoms with Crippen LogP contribution in [0.3, 0.4) is 0 Å². The Balaban J connectivity index is 3.24. The van der Waals surface area contributed by atoms with E-state index >= 15 is 0 Å². The number of nitrogens with two attached hydrogens (primary N) is 1. The molecule has 2 nitrogen and oxygen atoms in total. The molecule has 0 aliphatic carbocycles. The van der Waals surface area contributed by atoms with E-state index in [1.807, 2.05) is 6.07 Å². The first-order valence-corrected chi connectivity index (χ1v) is 4.58. The third kappa shape index (κ3) is 1.91. The van der Waals surface area contributed by atoms with E-state index < -0.39 is 0 Å². The minimum Gasteiger partial charge on any atom is -0.495 e. The highest BCUT2D eigenvalue weighted by Crippen LogP contribution is 2.31. The van der Waals surface area contributed by atoms with Crippen molar-refractivity contribution in [1.29, 1.82) is 0 Å². The molecule has 0 saturated carbocycles. The van der Waals surface area contributed by atoms with Crippen LogP contribution in [0.4, 0.5) is 0 Å². The van der Waals surface area contributed by atoms with Crippen molar-refractivity contribution in [3.8, 4) is 5.75 Å². The molecule has 0 bridgehead atoms. The summed E-state index contributed by atoms with van der Waals surface area (Å²) in [5, 5.41) is 0.576. The molecule has 0 fully saturated rings. The fourth-order valence-electron chi connectivity index (χ4n) is 0.994. The van der Waals surface area contributed by atoms with Crippen LogP contribution in [0, 0.1) is 0 Å². The second kappa shape index (κ2) is 4.12. The molecule has 0 aromatic heterocycles. The van der Waals surface area contributed by atoms with Crippen molar-refractivity contribution in [2.75, 3.05) is 7.11 Å². The summed E-state index contributed by atoms with van der Waals surface area (Å²) in [5.74, 6) is 0.655. The smallest absolute Gasteiger partial charge is 0.142 e. The Morgan fingerprint density at radius 2 is 2.25 bits per heavy atom. The lowest BCUT2D eigenvalue weighted by Crippen LogP contribution is -2.00. The van der Waals surface area contributed by atoms with E-state index in [2.05, 4.69) is 15.9 Å². The number of rotatable bonds is 2. The fourth-order valence-corrected chi connectivity index (χ4v) is 1.95. The number of hydrogen-bond donors (Lipinski definition) is 1. The van der Waals surface area contributed by atoms with Crippen LogP contribution in [0.2, 0.25) is 5.02 Å². The highest BCUT2D eigenvalue weighted by atomic mass is 79.9. The maximum Gasteiger partial charge on any atom is 0.142 e. The molecule has 0 atom stereocenters. The van der Waals surface area contributed by atoms with Crippen molar-refractivity contribution >= 4 is 27.5 Å². The van der Waals surface area contributed by atoms with E-state index in [-0.39, 0.29) is 0 Å². The second-order valence-corrected chi connectivity index (χ2v) is 3.61. The normalized spacial score (nSPS) is 10.0. The second-order valence-electron chi connectivity index (χ2n) is 2.28. The lowest BCUT2D eigenvalue weighted by molar-refractivity contribution is 0.410. The maximum absolute atomic E-state index is 5.90. The van der Waals surface area contributed by atoms with E-state index in [9.17, 15) is 0 Å². The zero-order chi connectivity index (χ0) is 9.14. The van der Waals surface area contributed by atoms with Crippen molar-refractivity contribution in [1.82, 2.24) is 0 Å². The highest BCUT2D eigenvalue weighted by molar-refractivity contribution is 9.10. The summed E-state index contributed by atoms with van der Waals surface area (Å²) in [6.45, 7) is 0.419. The van der Waals surface area contributed by atoms with Gasteiger partial charge in [0.05, 0.1) is 12.1 Å². The van der Waals surface area contributed by atoms with Crippen LogP contribution in [0.1, 0.15) is 5.56 Å². The van der Waals surface area contributed by atoms with E-state index in [1.54, 1.807) is 13.2 Å². The zero-order valence-corrected chi connectivity index (χ0v) is 8.95. The standard InChI is InChI=1S/C8H9BrClNO/c1-12-8-5(4-11)2-6(9)3-7(8)10/h2-3H,4,11H2,1H3. The Morgan fingerprint density at radius 3 is 2.75 bits per heavy atom. The van der Waals surface area contributed by atoms with Crippen molar-refractivity contribution in [2.45, 2.75) is 6.54 Å². The summed E-state index contributed by atoms with van der Waals surface area (Å²) in [6.07, 6.45) is 0. The van der Waals surface area contributed by atoms with E-state index in [4.69, 9.17) is 22.1 Å². The van der Waals surface area contributed by atoms with Gasteiger partial charge in [-0.05, 0) is 12.1 Å². The van der Waals surface area contributed by atoms with Gasteiger partial charge in [0.2, 0.25) is 0 Å². The Kier molecular flexibility index (Phi) is 3.38. The summed E-state index contributed by atoms with van der Waals surface area (Å²) in [5.41, 5.74) is 6.40. The molecular weight excluding hydrogens is 241 g/mol. The average molecular weight is 251 g/mol. The van der Waals surface area contributed by atoms with Crippen LogP contribution >= 0.6 is 27.5 Å². The molecule has 0 amide bonds. The van der Waals surface area contributed by atoms with Gasteiger partial charge in [0.25, 0.3) is 0 Å². The van der Waals surface area contributed by atoms with Gasteiger partial charge in [-0.15, -0.1) is 0 Å². The average Bonchev–Trinajstić information content (AvgIpc) is 2.03. The van der Waals surface area contributed by atoms with E-state index in [0.29, 0.717) is 17.3 Å². The minimum absolute atomic E-state index is 0.419. The molecule has 4 heteroatoms. The molecule has 0 unspecified atom stereocenters. The lowest BCUT2D eigenvalue weighted by atomic mass is 10.2. The molecule has 0 heterocycles. The molecule has 12 heavy (non-hydrogen) atoms. The third-order valence-electron chi connectivity index (χ3n) is 1.51. The summed E-state index contributed by atoms with van der Waals surface area (Å²) in [7, 11) is 1.58. The van der Waals surface area contributed by atoms with E-state index in [1.165, 1.54) is 0 Å². The number of methoxy groups -OCH3 is 1. The summed E-state index contributed by atoms with van der Waals surface area (Å²) in [6, 6.07) is 3.67. The molecule has 66 valence electrons. The molecule has 0 aliphatic rings. The Hall–Kier alpha value is -0.250. The minimum atomic E-state index is 0.419. The topological polar surface area (TPSA) is 35.2 Å². The molecule has 2 N–H and O–H groups in total. The van der Waals surface area contributed by atoms with Crippen LogP contribution in [0.25, 0.3) is 0 Å². The van der Waals surface area contributed by atoms with Crippen molar-refractivity contribution in [2.24, 2.45) is 5.73 Å². The van der Waals surface area contributed by atoms with Crippen LogP contribution in [0.15, 0.2) is 16.6 Å². The Labute approximate surface area is 84.8 Å². The maximum atomic E-state index is 5.90. The van der Waals surface area contributed by atoms with E-state index in [0.717, 1.165) is 10.0 Å². The largest absolute Gasteiger partial charge is 0.495 e. The van der Waals surface area contributed by atoms with Crippen LogP contribution in [-0.2, 0) is 6.54 Å². The van der Waals surface area contributed by atoms with Crippen LogP contribution in [0.5, 0.6) is 5.75 Å².